The van der Waals surface area contributed by atoms with Crippen LogP contribution in [0.15, 0.2) is 30.5 Å². The molecule has 2 aromatic rings. The smallest absolute Gasteiger partial charge is 0.228 e. The van der Waals surface area contributed by atoms with Crippen LogP contribution >= 0.6 is 0 Å². The maximum Gasteiger partial charge on any atom is 0.228 e. The van der Waals surface area contributed by atoms with Crippen LogP contribution in [0.25, 0.3) is 0 Å². The number of aryl methyl sites for hydroxylation is 1. The second-order valence-corrected chi connectivity index (χ2v) is 7.16. The fourth-order valence-electron chi connectivity index (χ4n) is 3.62. The number of carbonyl (C=O) groups excluding carboxylic acids is 2. The molecule has 1 aromatic heterocycles. The summed E-state index contributed by atoms with van der Waals surface area (Å²) in [5.74, 6) is 0.583. The number of hydrogen-bond acceptors (Lipinski definition) is 4. The van der Waals surface area contributed by atoms with Gasteiger partial charge in [0.05, 0.1) is 13.0 Å². The Balaban J connectivity index is 1.35. The highest BCUT2D eigenvalue weighted by atomic mass is 16.5. The Morgan fingerprint density at radius 2 is 2.22 bits per heavy atom. The maximum atomic E-state index is 12.7. The molecule has 7 nitrogen and oxygen atoms in total. The number of nitrogens with one attached hydrogen (secondary N) is 2. The third-order valence-corrected chi connectivity index (χ3v) is 5.21. The molecule has 0 spiro atoms. The van der Waals surface area contributed by atoms with E-state index in [0.29, 0.717) is 23.9 Å². The minimum Gasteiger partial charge on any atom is -0.497 e. The summed E-state index contributed by atoms with van der Waals surface area (Å²) >= 11 is 0. The van der Waals surface area contributed by atoms with Gasteiger partial charge in [0, 0.05) is 43.0 Å². The van der Waals surface area contributed by atoms with E-state index in [1.54, 1.807) is 19.2 Å². The van der Waals surface area contributed by atoms with Gasteiger partial charge in [0.1, 0.15) is 5.75 Å². The average molecular weight is 368 g/mol. The van der Waals surface area contributed by atoms with E-state index in [4.69, 9.17) is 4.74 Å². The van der Waals surface area contributed by atoms with E-state index in [0.717, 1.165) is 18.5 Å². The lowest BCUT2D eigenvalue weighted by atomic mass is 9.89. The third-order valence-electron chi connectivity index (χ3n) is 5.21. The molecule has 1 aliphatic heterocycles. The molecule has 1 atom stereocenters. The van der Waals surface area contributed by atoms with Gasteiger partial charge in [0.25, 0.3) is 0 Å². The normalized spacial score (nSPS) is 18.6. The molecule has 7 heteroatoms. The molecule has 1 fully saturated rings. The predicted molar refractivity (Wildman–Crippen MR) is 101 cm³/mol. The standard InChI is InChI=1S/C20H24N4O3/c1-27-14-5-6-17-15(11-14)16(12-19(25)23-17)20(26)21-8-2-10-24-18(7-9-22-24)13-3-4-13/h5-7,9,11,13,16H,2-4,8,10,12H2,1H3,(H,21,26)(H,23,25). The molecule has 0 radical (unpaired) electrons. The number of nitrogens with zero attached hydrogens (tertiary/aromatic N) is 2. The Labute approximate surface area is 158 Å². The maximum absolute atomic E-state index is 12.7. The number of ether oxygens (including phenoxy) is 1. The van der Waals surface area contributed by atoms with Gasteiger partial charge in [0.2, 0.25) is 11.8 Å². The first-order chi connectivity index (χ1) is 13.2. The van der Waals surface area contributed by atoms with Crippen molar-refractivity contribution in [3.8, 4) is 5.75 Å². The van der Waals surface area contributed by atoms with Crippen LogP contribution in [-0.4, -0.2) is 35.2 Å². The summed E-state index contributed by atoms with van der Waals surface area (Å²) in [6.45, 7) is 1.34. The van der Waals surface area contributed by atoms with Crippen molar-refractivity contribution in [3.05, 3.63) is 41.7 Å². The fraction of sp³-hybridized carbons (Fsp3) is 0.450. The van der Waals surface area contributed by atoms with Crippen LogP contribution in [0.5, 0.6) is 5.75 Å². The molecule has 1 saturated carbocycles. The van der Waals surface area contributed by atoms with Gasteiger partial charge in [-0.2, -0.15) is 5.10 Å². The molecule has 1 aliphatic carbocycles. The van der Waals surface area contributed by atoms with Crippen LogP contribution in [-0.2, 0) is 16.1 Å². The average Bonchev–Trinajstić information content (AvgIpc) is 3.42. The zero-order valence-corrected chi connectivity index (χ0v) is 15.4. The summed E-state index contributed by atoms with van der Waals surface area (Å²) in [7, 11) is 1.59. The summed E-state index contributed by atoms with van der Waals surface area (Å²) < 4.78 is 7.30. The number of methoxy groups -OCH3 is 1. The van der Waals surface area contributed by atoms with E-state index < -0.39 is 5.92 Å². The second kappa shape index (κ2) is 7.42. The molecule has 4 rings (SSSR count). The predicted octanol–water partition coefficient (Wildman–Crippen LogP) is 2.40. The Kier molecular flexibility index (Phi) is 4.83. The quantitative estimate of drug-likeness (QED) is 0.735. The highest BCUT2D eigenvalue weighted by Crippen LogP contribution is 2.39. The van der Waals surface area contributed by atoms with Gasteiger partial charge in [-0.25, -0.2) is 0 Å². The first-order valence-corrected chi connectivity index (χ1v) is 9.43. The topological polar surface area (TPSA) is 85.2 Å². The zero-order chi connectivity index (χ0) is 18.8. The van der Waals surface area contributed by atoms with Crippen molar-refractivity contribution >= 4 is 17.5 Å². The van der Waals surface area contributed by atoms with Gasteiger partial charge in [-0.1, -0.05) is 0 Å². The lowest BCUT2D eigenvalue weighted by Crippen LogP contribution is -2.35. The molecule has 1 unspecified atom stereocenters. The Morgan fingerprint density at radius 1 is 1.37 bits per heavy atom. The highest BCUT2D eigenvalue weighted by molar-refractivity contribution is 6.01. The SMILES string of the molecule is COc1ccc2c(c1)C(C(=O)NCCCn1nccc1C1CC1)CC(=O)N2. The lowest BCUT2D eigenvalue weighted by Gasteiger charge is -2.25. The molecule has 2 N–H and O–H groups in total. The molecule has 1 aromatic carbocycles. The van der Waals surface area contributed by atoms with Crippen LogP contribution in [0, 0.1) is 0 Å². The third kappa shape index (κ3) is 3.82. The van der Waals surface area contributed by atoms with E-state index in [-0.39, 0.29) is 18.2 Å². The van der Waals surface area contributed by atoms with Crippen LogP contribution < -0.4 is 15.4 Å². The van der Waals surface area contributed by atoms with Crippen molar-refractivity contribution in [1.29, 1.82) is 0 Å². The van der Waals surface area contributed by atoms with E-state index in [2.05, 4.69) is 21.8 Å². The van der Waals surface area contributed by atoms with E-state index in [1.807, 2.05) is 16.9 Å². The van der Waals surface area contributed by atoms with Crippen molar-refractivity contribution in [2.75, 3.05) is 19.0 Å². The van der Waals surface area contributed by atoms with Crippen LogP contribution in [0.2, 0.25) is 0 Å². The highest BCUT2D eigenvalue weighted by Gasteiger charge is 2.31. The summed E-state index contributed by atoms with van der Waals surface area (Å²) in [4.78, 5) is 24.7. The van der Waals surface area contributed by atoms with Crippen LogP contribution in [0.3, 0.4) is 0 Å². The van der Waals surface area contributed by atoms with E-state index in [1.165, 1.54) is 18.5 Å². The summed E-state index contributed by atoms with van der Waals surface area (Å²) in [5.41, 5.74) is 2.78. The van der Waals surface area contributed by atoms with Gasteiger partial charge in [-0.05, 0) is 49.1 Å². The number of benzene rings is 1. The van der Waals surface area contributed by atoms with E-state index in [9.17, 15) is 9.59 Å². The monoisotopic (exact) mass is 368 g/mol. The fourth-order valence-corrected chi connectivity index (χ4v) is 3.62. The van der Waals surface area contributed by atoms with Gasteiger partial charge in [-0.15, -0.1) is 0 Å². The second-order valence-electron chi connectivity index (χ2n) is 7.16. The first kappa shape index (κ1) is 17.6. The molecule has 0 bridgehead atoms. The number of rotatable bonds is 7. The number of amides is 2. The molecule has 2 heterocycles. The van der Waals surface area contributed by atoms with E-state index >= 15 is 0 Å². The van der Waals surface area contributed by atoms with Crippen molar-refractivity contribution in [3.63, 3.8) is 0 Å². The van der Waals surface area contributed by atoms with Crippen LogP contribution in [0.1, 0.15) is 48.8 Å². The zero-order valence-electron chi connectivity index (χ0n) is 15.4. The van der Waals surface area contributed by atoms with Gasteiger partial charge in [-0.3, -0.25) is 14.3 Å². The largest absolute Gasteiger partial charge is 0.497 e. The molecule has 2 amide bonds. The molecule has 142 valence electrons. The summed E-state index contributed by atoms with van der Waals surface area (Å²) in [6.07, 6.45) is 5.29. The molecule has 27 heavy (non-hydrogen) atoms. The Hall–Kier alpha value is -2.83. The molecule has 2 aliphatic rings. The van der Waals surface area contributed by atoms with Gasteiger partial charge < -0.3 is 15.4 Å². The van der Waals surface area contributed by atoms with Crippen molar-refractivity contribution in [1.82, 2.24) is 15.1 Å². The van der Waals surface area contributed by atoms with Crippen molar-refractivity contribution < 1.29 is 14.3 Å². The summed E-state index contributed by atoms with van der Waals surface area (Å²) in [6, 6.07) is 7.47. The minimum atomic E-state index is -0.490. The number of hydrogen-bond donors (Lipinski definition) is 2. The molecular weight excluding hydrogens is 344 g/mol. The molecule has 0 saturated heterocycles. The number of carbonyl (C=O) groups is 2. The number of fused-ring (bicyclic) bond motifs is 1. The molecular formula is C20H24N4O3. The van der Waals surface area contributed by atoms with Crippen molar-refractivity contribution in [2.24, 2.45) is 0 Å². The van der Waals surface area contributed by atoms with Crippen molar-refractivity contribution in [2.45, 2.75) is 44.1 Å². The van der Waals surface area contributed by atoms with Crippen LogP contribution in [0.4, 0.5) is 5.69 Å². The minimum absolute atomic E-state index is 0.123. The van der Waals surface area contributed by atoms with Gasteiger partial charge in [0.15, 0.2) is 0 Å². The Bertz CT molecular complexity index is 857. The lowest BCUT2D eigenvalue weighted by molar-refractivity contribution is -0.126. The number of aromatic nitrogens is 2. The van der Waals surface area contributed by atoms with Gasteiger partial charge >= 0.3 is 0 Å². The summed E-state index contributed by atoms with van der Waals surface area (Å²) in [5, 5.41) is 10.2. The first-order valence-electron chi connectivity index (χ1n) is 9.43. The number of anilines is 1. The Morgan fingerprint density at radius 3 is 3.00 bits per heavy atom.